The number of aromatic hydroxyl groups is 1. The van der Waals surface area contributed by atoms with Crippen LogP contribution in [0.1, 0.15) is 75.1 Å². The van der Waals surface area contributed by atoms with Gasteiger partial charge in [0.2, 0.25) is 0 Å². The van der Waals surface area contributed by atoms with Crippen molar-refractivity contribution in [2.45, 2.75) is 70.4 Å². The second kappa shape index (κ2) is 9.21. The van der Waals surface area contributed by atoms with Crippen molar-refractivity contribution in [1.29, 1.82) is 0 Å². The van der Waals surface area contributed by atoms with Crippen molar-refractivity contribution < 1.29 is 19.8 Å². The van der Waals surface area contributed by atoms with Crippen molar-refractivity contribution in [3.63, 3.8) is 0 Å². The summed E-state index contributed by atoms with van der Waals surface area (Å²) in [5, 5.41) is 27.4. The maximum atomic E-state index is 12.9. The van der Waals surface area contributed by atoms with E-state index in [0.29, 0.717) is 16.7 Å². The number of carbonyl (C=O) groups excluding carboxylic acids is 1. The second-order valence-electron chi connectivity index (χ2n) is 9.43. The third-order valence-corrected chi connectivity index (χ3v) is 5.57. The van der Waals surface area contributed by atoms with E-state index >= 15 is 0 Å². The minimum absolute atomic E-state index is 0.0137. The van der Waals surface area contributed by atoms with Gasteiger partial charge in [0.25, 0.3) is 5.56 Å². The number of nitrogens with zero attached hydrogens (tertiary/aromatic N) is 2. The fourth-order valence-electron chi connectivity index (χ4n) is 2.96. The van der Waals surface area contributed by atoms with Crippen LogP contribution in [0.15, 0.2) is 22.1 Å². The number of ketones is 1. The normalized spacial score (nSPS) is 12.1. The van der Waals surface area contributed by atoms with Crippen LogP contribution in [0.25, 0.3) is 0 Å². The molecule has 2 rings (SSSR count). The molecule has 31 heavy (non-hydrogen) atoms. The zero-order chi connectivity index (χ0) is 23.6. The standard InChI is InChI=1S/C22H29N3O5S/c1-21(2,3)13-9-12(10-14(18(13)29)22(4,5)6)16(26)11-31-20-23-19(30)15(24-25-20)7-8-17(27)28/h9-10,29H,7-8,11H2,1-6H3,(H,27,28)(H,23,25,30). The van der Waals surface area contributed by atoms with Gasteiger partial charge < -0.3 is 10.2 Å². The molecule has 0 radical (unpaired) electrons. The summed E-state index contributed by atoms with van der Waals surface area (Å²) >= 11 is 1.04. The Morgan fingerprint density at radius 1 is 1.03 bits per heavy atom. The highest BCUT2D eigenvalue weighted by atomic mass is 32.2. The fraction of sp³-hybridized carbons (Fsp3) is 0.500. The molecule has 1 aromatic heterocycles. The molecule has 0 fully saturated rings. The Bertz CT molecular complexity index is 1010. The number of H-pyrrole nitrogens is 1. The van der Waals surface area contributed by atoms with Crippen LogP contribution < -0.4 is 5.56 Å². The number of carboxylic acid groups (broad SMARTS) is 1. The summed E-state index contributed by atoms with van der Waals surface area (Å²) in [4.78, 5) is 38.1. The summed E-state index contributed by atoms with van der Waals surface area (Å²) in [6.45, 7) is 11.9. The molecule has 1 aromatic carbocycles. The number of aryl methyl sites for hydroxylation is 1. The van der Waals surface area contributed by atoms with Crippen LogP contribution >= 0.6 is 11.8 Å². The highest BCUT2D eigenvalue weighted by Gasteiger charge is 2.27. The van der Waals surface area contributed by atoms with Crippen molar-refractivity contribution in [3.05, 3.63) is 44.9 Å². The fourth-order valence-corrected chi connectivity index (χ4v) is 3.65. The number of nitrogens with one attached hydrogen (secondary N) is 1. The molecule has 0 spiro atoms. The topological polar surface area (TPSA) is 133 Å². The van der Waals surface area contributed by atoms with E-state index in [4.69, 9.17) is 5.11 Å². The van der Waals surface area contributed by atoms with Crippen molar-refractivity contribution in [1.82, 2.24) is 15.2 Å². The average Bonchev–Trinajstić information content (AvgIpc) is 2.63. The van der Waals surface area contributed by atoms with E-state index in [1.165, 1.54) is 0 Å². The lowest BCUT2D eigenvalue weighted by Gasteiger charge is -2.28. The predicted molar refractivity (Wildman–Crippen MR) is 119 cm³/mol. The summed E-state index contributed by atoms with van der Waals surface area (Å²) in [7, 11) is 0. The zero-order valence-electron chi connectivity index (χ0n) is 18.7. The molecule has 0 bridgehead atoms. The highest BCUT2D eigenvalue weighted by Crippen LogP contribution is 2.40. The number of Topliss-reactive ketones (excluding diaryl/α,β-unsaturated/α-hetero) is 1. The number of carbonyl (C=O) groups is 2. The molecule has 0 saturated heterocycles. The summed E-state index contributed by atoms with van der Waals surface area (Å²) in [6.07, 6.45) is -0.226. The Hall–Kier alpha value is -2.68. The van der Waals surface area contributed by atoms with Gasteiger partial charge in [-0.1, -0.05) is 53.3 Å². The van der Waals surface area contributed by atoms with Crippen LogP contribution in [-0.2, 0) is 22.0 Å². The first-order chi connectivity index (χ1) is 14.2. The molecule has 2 aromatic rings. The lowest BCUT2D eigenvalue weighted by molar-refractivity contribution is -0.137. The summed E-state index contributed by atoms with van der Waals surface area (Å²) in [5.74, 6) is -0.963. The number of aromatic nitrogens is 3. The third kappa shape index (κ3) is 6.40. The van der Waals surface area contributed by atoms with Gasteiger partial charge in [-0.2, -0.15) is 0 Å². The monoisotopic (exact) mass is 447 g/mol. The maximum Gasteiger partial charge on any atom is 0.303 e. The number of thioether (sulfide) groups is 1. The minimum Gasteiger partial charge on any atom is -0.507 e. The van der Waals surface area contributed by atoms with E-state index in [1.807, 2.05) is 41.5 Å². The van der Waals surface area contributed by atoms with Gasteiger partial charge in [-0.25, -0.2) is 0 Å². The molecule has 8 nitrogen and oxygen atoms in total. The van der Waals surface area contributed by atoms with Gasteiger partial charge in [-0.05, 0) is 23.0 Å². The number of hydrogen-bond acceptors (Lipinski definition) is 7. The molecule has 0 unspecified atom stereocenters. The van der Waals surface area contributed by atoms with E-state index in [0.717, 1.165) is 11.8 Å². The lowest BCUT2D eigenvalue weighted by atomic mass is 9.78. The second-order valence-corrected chi connectivity index (χ2v) is 10.4. The smallest absolute Gasteiger partial charge is 0.303 e. The van der Waals surface area contributed by atoms with E-state index in [2.05, 4.69) is 15.2 Å². The van der Waals surface area contributed by atoms with Crippen molar-refractivity contribution >= 4 is 23.5 Å². The van der Waals surface area contributed by atoms with Crippen LogP contribution in [-0.4, -0.2) is 42.9 Å². The summed E-state index contributed by atoms with van der Waals surface area (Å²) in [5.41, 5.74) is 0.704. The van der Waals surface area contributed by atoms with Crippen LogP contribution in [0.3, 0.4) is 0 Å². The summed E-state index contributed by atoms with van der Waals surface area (Å²) < 4.78 is 0. The molecule has 0 aliphatic rings. The Morgan fingerprint density at radius 2 is 1.58 bits per heavy atom. The Kier molecular flexibility index (Phi) is 7.31. The molecule has 0 aliphatic carbocycles. The van der Waals surface area contributed by atoms with Crippen LogP contribution in [0.5, 0.6) is 5.75 Å². The third-order valence-electron chi connectivity index (χ3n) is 4.71. The Labute approximate surface area is 185 Å². The van der Waals surface area contributed by atoms with E-state index in [1.54, 1.807) is 12.1 Å². The minimum atomic E-state index is -1.02. The largest absolute Gasteiger partial charge is 0.507 e. The Morgan fingerprint density at radius 3 is 2.03 bits per heavy atom. The molecule has 9 heteroatoms. The SMILES string of the molecule is CC(C)(C)c1cc(C(=O)CSc2nnc(CCC(=O)O)c(=O)[nH]2)cc(C(C)(C)C)c1O. The first-order valence-electron chi connectivity index (χ1n) is 9.91. The van der Waals surface area contributed by atoms with Crippen molar-refractivity contribution in [2.75, 3.05) is 5.75 Å². The van der Waals surface area contributed by atoms with Crippen molar-refractivity contribution in [2.24, 2.45) is 0 Å². The van der Waals surface area contributed by atoms with Gasteiger partial charge in [-0.3, -0.25) is 19.4 Å². The van der Waals surface area contributed by atoms with E-state index < -0.39 is 11.5 Å². The lowest BCUT2D eigenvalue weighted by Crippen LogP contribution is -2.20. The van der Waals surface area contributed by atoms with Gasteiger partial charge in [0.1, 0.15) is 11.4 Å². The van der Waals surface area contributed by atoms with Gasteiger partial charge in [-0.15, -0.1) is 10.2 Å². The van der Waals surface area contributed by atoms with Gasteiger partial charge in [0.15, 0.2) is 10.9 Å². The van der Waals surface area contributed by atoms with Crippen LogP contribution in [0.4, 0.5) is 0 Å². The molecule has 0 saturated carbocycles. The molecular weight excluding hydrogens is 418 g/mol. The summed E-state index contributed by atoms with van der Waals surface area (Å²) in [6, 6.07) is 3.44. The Balaban J connectivity index is 2.25. The quantitative estimate of drug-likeness (QED) is 0.434. The average molecular weight is 448 g/mol. The number of aromatic amines is 1. The first-order valence-corrected chi connectivity index (χ1v) is 10.9. The van der Waals surface area contributed by atoms with Crippen LogP contribution in [0, 0.1) is 0 Å². The van der Waals surface area contributed by atoms with Crippen LogP contribution in [0.2, 0.25) is 0 Å². The molecule has 168 valence electrons. The van der Waals surface area contributed by atoms with Crippen molar-refractivity contribution in [3.8, 4) is 5.75 Å². The van der Waals surface area contributed by atoms with Gasteiger partial charge >= 0.3 is 5.97 Å². The van der Waals surface area contributed by atoms with E-state index in [9.17, 15) is 19.5 Å². The molecule has 0 aliphatic heterocycles. The zero-order valence-corrected chi connectivity index (χ0v) is 19.5. The number of phenolic OH excluding ortho intramolecular Hbond substituents is 1. The highest BCUT2D eigenvalue weighted by molar-refractivity contribution is 7.99. The number of hydrogen-bond donors (Lipinski definition) is 3. The first kappa shape index (κ1) is 24.6. The molecule has 0 atom stereocenters. The molecule has 3 N–H and O–H groups in total. The van der Waals surface area contributed by atoms with Gasteiger partial charge in [0, 0.05) is 23.1 Å². The van der Waals surface area contributed by atoms with E-state index in [-0.39, 0.29) is 51.8 Å². The number of rotatable bonds is 7. The number of benzene rings is 1. The molecule has 0 amide bonds. The maximum absolute atomic E-state index is 12.9. The number of aliphatic carboxylic acids is 1. The molecule has 1 heterocycles. The molecular formula is C22H29N3O5S. The van der Waals surface area contributed by atoms with Gasteiger partial charge in [0.05, 0.1) is 12.2 Å². The number of carboxylic acids is 1. The number of phenols is 1. The predicted octanol–water partition coefficient (Wildman–Crippen LogP) is 3.46.